The lowest BCUT2D eigenvalue weighted by molar-refractivity contribution is 0.0194. The van der Waals surface area contributed by atoms with Gasteiger partial charge in [0.05, 0.1) is 0 Å². The van der Waals surface area contributed by atoms with Crippen LogP contribution in [0.15, 0.2) is 24.3 Å². The molecule has 88 valence electrons. The summed E-state index contributed by atoms with van der Waals surface area (Å²) in [6.45, 7) is 3.80. The Labute approximate surface area is 97.7 Å². The van der Waals surface area contributed by atoms with Gasteiger partial charge in [-0.3, -0.25) is 0 Å². The van der Waals surface area contributed by atoms with E-state index in [-0.39, 0.29) is 0 Å². The summed E-state index contributed by atoms with van der Waals surface area (Å²) in [5, 5.41) is 14.0. The minimum absolute atomic E-state index is 0.649. The van der Waals surface area contributed by atoms with Crippen LogP contribution < -0.4 is 5.32 Å². The van der Waals surface area contributed by atoms with E-state index in [1.807, 2.05) is 6.07 Å². The van der Waals surface area contributed by atoms with Gasteiger partial charge in [-0.25, -0.2) is 0 Å². The molecule has 1 aromatic rings. The summed E-state index contributed by atoms with van der Waals surface area (Å²) >= 11 is 0. The van der Waals surface area contributed by atoms with Gasteiger partial charge in [-0.2, -0.15) is 0 Å². The van der Waals surface area contributed by atoms with Crippen molar-refractivity contribution < 1.29 is 5.11 Å². The van der Waals surface area contributed by atoms with Crippen molar-refractivity contribution in [2.24, 2.45) is 0 Å². The van der Waals surface area contributed by atoms with Gasteiger partial charge in [-0.1, -0.05) is 31.2 Å². The Morgan fingerprint density at radius 3 is 3.00 bits per heavy atom. The van der Waals surface area contributed by atoms with E-state index in [1.54, 1.807) is 0 Å². The summed E-state index contributed by atoms with van der Waals surface area (Å²) in [6.07, 6.45) is 4.17. The standard InChI is InChI=1S/C14H21NO/c1-2-10-15-11-14(16)9-5-7-12-6-3-4-8-13(12)14/h3-4,6,8,15-16H,2,5,7,9-11H2,1H3. The fourth-order valence-corrected chi connectivity index (χ4v) is 2.55. The third kappa shape index (κ3) is 2.28. The van der Waals surface area contributed by atoms with Crippen LogP contribution in [0.4, 0.5) is 0 Å². The van der Waals surface area contributed by atoms with E-state index < -0.39 is 5.60 Å². The Bertz CT molecular complexity index is 350. The van der Waals surface area contributed by atoms with E-state index in [1.165, 1.54) is 5.56 Å². The van der Waals surface area contributed by atoms with Gasteiger partial charge in [0.1, 0.15) is 5.60 Å². The number of hydrogen-bond donors (Lipinski definition) is 2. The van der Waals surface area contributed by atoms with Gasteiger partial charge in [0.25, 0.3) is 0 Å². The maximum absolute atomic E-state index is 10.7. The molecule has 2 N–H and O–H groups in total. The number of rotatable bonds is 4. The van der Waals surface area contributed by atoms with Crippen LogP contribution in [0, 0.1) is 0 Å². The van der Waals surface area contributed by atoms with Crippen LogP contribution in [0.2, 0.25) is 0 Å². The average molecular weight is 219 g/mol. The van der Waals surface area contributed by atoms with Crippen LogP contribution >= 0.6 is 0 Å². The quantitative estimate of drug-likeness (QED) is 0.761. The number of nitrogens with one attached hydrogen (secondary N) is 1. The summed E-state index contributed by atoms with van der Waals surface area (Å²) in [5.74, 6) is 0. The maximum Gasteiger partial charge on any atom is 0.102 e. The zero-order valence-corrected chi connectivity index (χ0v) is 10.00. The highest BCUT2D eigenvalue weighted by Crippen LogP contribution is 2.34. The zero-order valence-electron chi connectivity index (χ0n) is 10.00. The van der Waals surface area contributed by atoms with Crippen molar-refractivity contribution in [2.45, 2.75) is 38.2 Å². The first kappa shape index (κ1) is 11.6. The van der Waals surface area contributed by atoms with Gasteiger partial charge in [0.2, 0.25) is 0 Å². The first-order valence-electron chi connectivity index (χ1n) is 6.28. The van der Waals surface area contributed by atoms with E-state index in [0.717, 1.165) is 37.8 Å². The summed E-state index contributed by atoms with van der Waals surface area (Å²) in [5.41, 5.74) is 1.80. The first-order chi connectivity index (χ1) is 7.76. The summed E-state index contributed by atoms with van der Waals surface area (Å²) in [6, 6.07) is 8.29. The average Bonchev–Trinajstić information content (AvgIpc) is 2.30. The molecule has 1 unspecified atom stereocenters. The summed E-state index contributed by atoms with van der Waals surface area (Å²) in [4.78, 5) is 0. The van der Waals surface area contributed by atoms with Crippen LogP contribution in [0.5, 0.6) is 0 Å². The molecular weight excluding hydrogens is 198 g/mol. The van der Waals surface area contributed by atoms with Crippen molar-refractivity contribution in [2.75, 3.05) is 13.1 Å². The fraction of sp³-hybridized carbons (Fsp3) is 0.571. The van der Waals surface area contributed by atoms with Gasteiger partial charge < -0.3 is 10.4 Å². The third-order valence-corrected chi connectivity index (χ3v) is 3.40. The lowest BCUT2D eigenvalue weighted by Crippen LogP contribution is -2.41. The van der Waals surface area contributed by atoms with E-state index in [4.69, 9.17) is 0 Å². The normalized spacial score (nSPS) is 24.1. The van der Waals surface area contributed by atoms with Gasteiger partial charge in [-0.15, -0.1) is 0 Å². The van der Waals surface area contributed by atoms with Gasteiger partial charge in [0.15, 0.2) is 0 Å². The second kappa shape index (κ2) is 4.98. The molecule has 0 amide bonds. The van der Waals surface area contributed by atoms with E-state index in [9.17, 15) is 5.11 Å². The molecule has 1 aromatic carbocycles. The first-order valence-corrected chi connectivity index (χ1v) is 6.28. The van der Waals surface area contributed by atoms with Gasteiger partial charge >= 0.3 is 0 Å². The zero-order chi connectivity index (χ0) is 11.4. The summed E-state index contributed by atoms with van der Waals surface area (Å²) < 4.78 is 0. The molecular formula is C14H21NO. The van der Waals surface area contributed by atoms with Crippen molar-refractivity contribution in [1.82, 2.24) is 5.32 Å². The number of fused-ring (bicyclic) bond motifs is 1. The molecule has 1 aliphatic rings. The van der Waals surface area contributed by atoms with Crippen molar-refractivity contribution in [3.8, 4) is 0 Å². The topological polar surface area (TPSA) is 32.3 Å². The molecule has 0 bridgehead atoms. The molecule has 1 atom stereocenters. The lowest BCUT2D eigenvalue weighted by Gasteiger charge is -2.34. The minimum Gasteiger partial charge on any atom is -0.384 e. The molecule has 16 heavy (non-hydrogen) atoms. The monoisotopic (exact) mass is 219 g/mol. The van der Waals surface area contributed by atoms with Crippen LogP contribution in [-0.2, 0) is 12.0 Å². The molecule has 2 rings (SSSR count). The second-order valence-corrected chi connectivity index (χ2v) is 4.72. The number of hydrogen-bond acceptors (Lipinski definition) is 2. The predicted molar refractivity (Wildman–Crippen MR) is 66.4 cm³/mol. The van der Waals surface area contributed by atoms with E-state index in [2.05, 4.69) is 30.4 Å². The van der Waals surface area contributed by atoms with Gasteiger partial charge in [-0.05, 0) is 43.4 Å². The van der Waals surface area contributed by atoms with Crippen LogP contribution in [-0.4, -0.2) is 18.2 Å². The van der Waals surface area contributed by atoms with Crippen molar-refractivity contribution in [3.63, 3.8) is 0 Å². The predicted octanol–water partition coefficient (Wildman–Crippen LogP) is 2.21. The molecule has 0 aliphatic heterocycles. The highest BCUT2D eigenvalue weighted by molar-refractivity contribution is 5.34. The highest BCUT2D eigenvalue weighted by atomic mass is 16.3. The molecule has 0 aromatic heterocycles. The van der Waals surface area contributed by atoms with Gasteiger partial charge in [0, 0.05) is 6.54 Å². The second-order valence-electron chi connectivity index (χ2n) is 4.72. The minimum atomic E-state index is -0.649. The number of aliphatic hydroxyl groups is 1. The Morgan fingerprint density at radius 1 is 1.38 bits per heavy atom. The van der Waals surface area contributed by atoms with E-state index >= 15 is 0 Å². The number of benzene rings is 1. The largest absolute Gasteiger partial charge is 0.384 e. The third-order valence-electron chi connectivity index (χ3n) is 3.40. The highest BCUT2D eigenvalue weighted by Gasteiger charge is 2.33. The molecule has 0 fully saturated rings. The van der Waals surface area contributed by atoms with Crippen molar-refractivity contribution in [1.29, 1.82) is 0 Å². The Kier molecular flexibility index (Phi) is 3.62. The van der Waals surface area contributed by atoms with Crippen molar-refractivity contribution in [3.05, 3.63) is 35.4 Å². The van der Waals surface area contributed by atoms with Crippen LogP contribution in [0.3, 0.4) is 0 Å². The molecule has 0 heterocycles. The fourth-order valence-electron chi connectivity index (χ4n) is 2.55. The molecule has 0 saturated carbocycles. The van der Waals surface area contributed by atoms with Crippen LogP contribution in [0.1, 0.15) is 37.3 Å². The lowest BCUT2D eigenvalue weighted by atomic mass is 9.79. The maximum atomic E-state index is 10.7. The molecule has 1 aliphatic carbocycles. The molecule has 0 saturated heterocycles. The van der Waals surface area contributed by atoms with Crippen LogP contribution in [0.25, 0.3) is 0 Å². The Hall–Kier alpha value is -0.860. The number of aryl methyl sites for hydroxylation is 1. The van der Waals surface area contributed by atoms with E-state index in [0.29, 0.717) is 6.54 Å². The molecule has 2 heteroatoms. The summed E-state index contributed by atoms with van der Waals surface area (Å²) in [7, 11) is 0. The Morgan fingerprint density at radius 2 is 2.19 bits per heavy atom. The smallest absolute Gasteiger partial charge is 0.102 e. The Balaban J connectivity index is 2.16. The molecule has 0 spiro atoms. The van der Waals surface area contributed by atoms with Crippen molar-refractivity contribution >= 4 is 0 Å². The molecule has 2 nitrogen and oxygen atoms in total. The SMILES string of the molecule is CCCNCC1(O)CCCc2ccccc21. The molecule has 0 radical (unpaired) electrons.